The molecule has 0 saturated heterocycles. The third-order valence-electron chi connectivity index (χ3n) is 5.56. The lowest BCUT2D eigenvalue weighted by atomic mass is 9.96. The van der Waals surface area contributed by atoms with Crippen molar-refractivity contribution in [3.63, 3.8) is 0 Å². The molecule has 5 rings (SSSR count). The van der Waals surface area contributed by atoms with Crippen molar-refractivity contribution in [1.82, 2.24) is 19.2 Å². The highest BCUT2D eigenvalue weighted by molar-refractivity contribution is 7.98. The first-order valence-electron chi connectivity index (χ1n) is 9.66. The predicted molar refractivity (Wildman–Crippen MR) is 118 cm³/mol. The molecule has 0 aliphatic carbocycles. The van der Waals surface area contributed by atoms with Gasteiger partial charge in [-0.3, -0.25) is 4.79 Å². The van der Waals surface area contributed by atoms with Gasteiger partial charge >= 0.3 is 0 Å². The summed E-state index contributed by atoms with van der Waals surface area (Å²) in [5.74, 6) is 0.952. The second kappa shape index (κ2) is 6.97. The minimum atomic E-state index is -0.0293. The number of hydrogen-bond donors (Lipinski definition) is 0. The second-order valence-electron chi connectivity index (χ2n) is 7.78. The molecule has 3 aromatic heterocycles. The Hall–Kier alpha value is -2.16. The summed E-state index contributed by atoms with van der Waals surface area (Å²) in [6, 6.07) is 7.96. The van der Waals surface area contributed by atoms with Crippen molar-refractivity contribution in [2.45, 2.75) is 45.1 Å². The highest BCUT2D eigenvalue weighted by atomic mass is 32.2. The first kappa shape index (κ1) is 18.8. The Morgan fingerprint density at radius 2 is 2.00 bits per heavy atom. The number of hydrogen-bond acceptors (Lipinski definition) is 6. The Kier molecular flexibility index (Phi) is 4.53. The Balaban J connectivity index is 1.89. The number of rotatable bonds is 3. The van der Waals surface area contributed by atoms with Crippen LogP contribution >= 0.6 is 23.1 Å². The molecular formula is C21H22N4O2S2. The lowest BCUT2D eigenvalue weighted by Gasteiger charge is -2.26. The van der Waals surface area contributed by atoms with E-state index < -0.39 is 0 Å². The van der Waals surface area contributed by atoms with Crippen LogP contribution in [0, 0.1) is 12.8 Å². The van der Waals surface area contributed by atoms with E-state index in [4.69, 9.17) is 4.74 Å². The zero-order valence-electron chi connectivity index (χ0n) is 16.8. The van der Waals surface area contributed by atoms with E-state index in [9.17, 15) is 4.79 Å². The summed E-state index contributed by atoms with van der Waals surface area (Å²) in [5.41, 5.74) is 3.05. The maximum absolute atomic E-state index is 13.8. The fraction of sp³-hybridized carbons (Fsp3) is 0.381. The summed E-state index contributed by atoms with van der Waals surface area (Å²) in [5, 5.41) is 10.3. The fourth-order valence-corrected chi connectivity index (χ4v) is 5.70. The highest BCUT2D eigenvalue weighted by Crippen LogP contribution is 2.37. The molecule has 4 aromatic rings. The summed E-state index contributed by atoms with van der Waals surface area (Å²) < 4.78 is 9.79. The third kappa shape index (κ3) is 2.85. The van der Waals surface area contributed by atoms with Crippen LogP contribution < -0.4 is 5.56 Å². The summed E-state index contributed by atoms with van der Waals surface area (Å²) in [7, 11) is 0. The number of thiophene rings is 1. The average molecular weight is 427 g/mol. The number of aryl methyl sites for hydroxylation is 1. The van der Waals surface area contributed by atoms with Crippen molar-refractivity contribution in [2.24, 2.45) is 5.92 Å². The van der Waals surface area contributed by atoms with Crippen molar-refractivity contribution in [2.75, 3.05) is 6.26 Å². The third-order valence-corrected chi connectivity index (χ3v) is 7.38. The van der Waals surface area contributed by atoms with E-state index in [1.54, 1.807) is 15.9 Å². The summed E-state index contributed by atoms with van der Waals surface area (Å²) in [6.07, 6.45) is 2.87. The molecule has 6 nitrogen and oxygen atoms in total. The summed E-state index contributed by atoms with van der Waals surface area (Å²) >= 11 is 3.16. The van der Waals surface area contributed by atoms with Crippen LogP contribution in [0.25, 0.3) is 21.7 Å². The molecule has 0 amide bonds. The molecule has 1 aliphatic rings. The van der Waals surface area contributed by atoms with E-state index >= 15 is 0 Å². The van der Waals surface area contributed by atoms with E-state index in [-0.39, 0.29) is 11.7 Å². The van der Waals surface area contributed by atoms with Crippen molar-refractivity contribution in [3.05, 3.63) is 50.6 Å². The quantitative estimate of drug-likeness (QED) is 0.459. The fourth-order valence-electron chi connectivity index (χ4n) is 3.93. The van der Waals surface area contributed by atoms with E-state index in [2.05, 4.69) is 24.0 Å². The molecule has 0 N–H and O–H groups in total. The van der Waals surface area contributed by atoms with Crippen molar-refractivity contribution >= 4 is 39.1 Å². The molecule has 150 valence electrons. The van der Waals surface area contributed by atoms with Crippen LogP contribution in [0.5, 0.6) is 0 Å². The number of ether oxygens (including phenoxy) is 1. The average Bonchev–Trinajstić information content (AvgIpc) is 3.30. The Bertz CT molecular complexity index is 1280. The molecule has 1 aromatic carbocycles. The molecule has 0 bridgehead atoms. The van der Waals surface area contributed by atoms with Gasteiger partial charge in [0.25, 0.3) is 5.56 Å². The summed E-state index contributed by atoms with van der Waals surface area (Å²) in [6.45, 7) is 6.92. The molecule has 0 radical (unpaired) electrons. The van der Waals surface area contributed by atoms with Gasteiger partial charge in [-0.1, -0.05) is 43.3 Å². The van der Waals surface area contributed by atoms with E-state index in [0.717, 1.165) is 43.5 Å². The SMILES string of the molecule is CSc1nnc2n(-c3ccc(C)cc3)c(=O)c3c4c(sc3n12)CO[C@@H](C(C)C)C4. The van der Waals surface area contributed by atoms with Gasteiger partial charge in [0, 0.05) is 11.3 Å². The molecule has 0 fully saturated rings. The number of benzene rings is 1. The highest BCUT2D eigenvalue weighted by Gasteiger charge is 2.29. The first-order chi connectivity index (χ1) is 14.0. The Labute approximate surface area is 176 Å². The second-order valence-corrected chi connectivity index (χ2v) is 9.64. The predicted octanol–water partition coefficient (Wildman–Crippen LogP) is 4.22. The van der Waals surface area contributed by atoms with E-state index in [1.165, 1.54) is 11.8 Å². The van der Waals surface area contributed by atoms with Gasteiger partial charge in [-0.15, -0.1) is 21.5 Å². The van der Waals surface area contributed by atoms with Gasteiger partial charge in [0.1, 0.15) is 4.83 Å². The van der Waals surface area contributed by atoms with Crippen LogP contribution in [-0.2, 0) is 17.8 Å². The van der Waals surface area contributed by atoms with Gasteiger partial charge in [0.05, 0.1) is 23.8 Å². The maximum Gasteiger partial charge on any atom is 0.268 e. The number of nitrogens with zero attached hydrogens (tertiary/aromatic N) is 4. The van der Waals surface area contributed by atoms with Crippen LogP contribution in [0.15, 0.2) is 34.2 Å². The molecule has 1 atom stereocenters. The van der Waals surface area contributed by atoms with Gasteiger partial charge in [-0.25, -0.2) is 8.97 Å². The van der Waals surface area contributed by atoms with Crippen molar-refractivity contribution in [3.8, 4) is 5.69 Å². The largest absolute Gasteiger partial charge is 0.372 e. The van der Waals surface area contributed by atoms with Gasteiger partial charge in [0.15, 0.2) is 5.16 Å². The lowest BCUT2D eigenvalue weighted by molar-refractivity contribution is 0.00200. The van der Waals surface area contributed by atoms with Crippen LogP contribution in [0.1, 0.15) is 29.9 Å². The molecule has 1 aliphatic heterocycles. The standard InChI is InChI=1S/C21H22N4O2S2/c1-11(2)15-9-14-16(10-27-15)29-19-17(14)18(26)24(13-7-5-12(3)6-8-13)20-22-23-21(28-4)25(19)20/h5-8,11,15H,9-10H2,1-4H3/t15-/m1/s1. The molecule has 4 heterocycles. The molecule has 8 heteroatoms. The monoisotopic (exact) mass is 426 g/mol. The van der Waals surface area contributed by atoms with E-state index in [1.807, 2.05) is 41.8 Å². The smallest absolute Gasteiger partial charge is 0.268 e. The van der Waals surface area contributed by atoms with Crippen LogP contribution in [0.4, 0.5) is 0 Å². The number of thioether (sulfide) groups is 1. The first-order valence-corrected chi connectivity index (χ1v) is 11.7. The summed E-state index contributed by atoms with van der Waals surface area (Å²) in [4.78, 5) is 15.8. The zero-order chi connectivity index (χ0) is 20.3. The van der Waals surface area contributed by atoms with Gasteiger partial charge in [-0.2, -0.15) is 0 Å². The molecule has 0 saturated carbocycles. The number of aromatic nitrogens is 4. The molecule has 0 unspecified atom stereocenters. The zero-order valence-corrected chi connectivity index (χ0v) is 18.4. The van der Waals surface area contributed by atoms with Gasteiger partial charge in [-0.05, 0) is 36.8 Å². The van der Waals surface area contributed by atoms with Crippen LogP contribution in [-0.4, -0.2) is 31.5 Å². The van der Waals surface area contributed by atoms with Crippen LogP contribution in [0.2, 0.25) is 0 Å². The Morgan fingerprint density at radius 1 is 1.24 bits per heavy atom. The molecule has 29 heavy (non-hydrogen) atoms. The lowest BCUT2D eigenvalue weighted by Crippen LogP contribution is -2.28. The van der Waals surface area contributed by atoms with Crippen LogP contribution in [0.3, 0.4) is 0 Å². The molecule has 0 spiro atoms. The Morgan fingerprint density at radius 3 is 2.69 bits per heavy atom. The van der Waals surface area contributed by atoms with E-state index in [0.29, 0.717) is 18.3 Å². The normalized spacial score (nSPS) is 16.8. The molecular weight excluding hydrogens is 404 g/mol. The minimum absolute atomic E-state index is 0.0293. The maximum atomic E-state index is 13.8. The van der Waals surface area contributed by atoms with Gasteiger partial charge in [0.2, 0.25) is 5.78 Å². The van der Waals surface area contributed by atoms with Crippen molar-refractivity contribution in [1.29, 1.82) is 0 Å². The van der Waals surface area contributed by atoms with Gasteiger partial charge < -0.3 is 4.74 Å². The minimum Gasteiger partial charge on any atom is -0.372 e. The van der Waals surface area contributed by atoms with Crippen molar-refractivity contribution < 1.29 is 4.74 Å². The number of fused-ring (bicyclic) bond motifs is 5. The topological polar surface area (TPSA) is 61.4 Å².